The Morgan fingerprint density at radius 1 is 1.36 bits per heavy atom. The van der Waals surface area contributed by atoms with Gasteiger partial charge in [-0.2, -0.15) is 0 Å². The first-order chi connectivity index (χ1) is 10.5. The summed E-state index contributed by atoms with van der Waals surface area (Å²) < 4.78 is 0. The van der Waals surface area contributed by atoms with Gasteiger partial charge >= 0.3 is 6.03 Å². The fraction of sp³-hybridized carbons (Fsp3) is 0.667. The molecule has 3 heterocycles. The SMILES string of the molecule is Cc1nc2c(c(=O)[nH]1)CN(C(=O)N[C@H](C)CN1CCCC1)C2. The van der Waals surface area contributed by atoms with Crippen molar-refractivity contribution in [2.45, 2.75) is 45.8 Å². The summed E-state index contributed by atoms with van der Waals surface area (Å²) in [7, 11) is 0. The Balaban J connectivity index is 1.58. The predicted octanol–water partition coefficient (Wildman–Crippen LogP) is 0.588. The van der Waals surface area contributed by atoms with Gasteiger partial charge in [-0.3, -0.25) is 4.79 Å². The third-order valence-corrected chi connectivity index (χ3v) is 4.30. The van der Waals surface area contributed by atoms with E-state index in [4.69, 9.17) is 0 Å². The van der Waals surface area contributed by atoms with Crippen LogP contribution in [0.2, 0.25) is 0 Å². The predicted molar refractivity (Wildman–Crippen MR) is 82.5 cm³/mol. The number of hydrogen-bond acceptors (Lipinski definition) is 4. The number of carbonyl (C=O) groups is 1. The molecular formula is C15H23N5O2. The molecule has 22 heavy (non-hydrogen) atoms. The number of rotatable bonds is 3. The molecule has 0 radical (unpaired) electrons. The zero-order chi connectivity index (χ0) is 15.7. The second kappa shape index (κ2) is 6.08. The average Bonchev–Trinajstić information content (AvgIpc) is 3.07. The highest BCUT2D eigenvalue weighted by Crippen LogP contribution is 2.17. The topological polar surface area (TPSA) is 81.3 Å². The Bertz CT molecular complexity index is 621. The van der Waals surface area contributed by atoms with E-state index in [9.17, 15) is 9.59 Å². The van der Waals surface area contributed by atoms with Crippen LogP contribution in [0.5, 0.6) is 0 Å². The minimum absolute atomic E-state index is 0.0993. The number of nitrogens with zero attached hydrogens (tertiary/aromatic N) is 3. The van der Waals surface area contributed by atoms with E-state index in [1.54, 1.807) is 11.8 Å². The first-order valence-electron chi connectivity index (χ1n) is 7.89. The Kier molecular flexibility index (Phi) is 4.15. The van der Waals surface area contributed by atoms with Crippen molar-refractivity contribution in [2.75, 3.05) is 19.6 Å². The minimum Gasteiger partial charge on any atom is -0.334 e. The fourth-order valence-corrected chi connectivity index (χ4v) is 3.23. The van der Waals surface area contributed by atoms with Crippen molar-refractivity contribution in [1.29, 1.82) is 0 Å². The van der Waals surface area contributed by atoms with Gasteiger partial charge in [-0.15, -0.1) is 0 Å². The molecule has 1 fully saturated rings. The van der Waals surface area contributed by atoms with E-state index < -0.39 is 0 Å². The van der Waals surface area contributed by atoms with Gasteiger partial charge in [0.1, 0.15) is 5.82 Å². The number of amides is 2. The molecule has 7 heteroatoms. The lowest BCUT2D eigenvalue weighted by Gasteiger charge is -2.24. The molecule has 2 amide bonds. The highest BCUT2D eigenvalue weighted by molar-refractivity contribution is 5.75. The van der Waals surface area contributed by atoms with Crippen LogP contribution in [0.15, 0.2) is 4.79 Å². The molecule has 2 N–H and O–H groups in total. The highest BCUT2D eigenvalue weighted by atomic mass is 16.2. The number of carbonyl (C=O) groups excluding carboxylic acids is 1. The maximum absolute atomic E-state index is 12.4. The third kappa shape index (κ3) is 3.14. The van der Waals surface area contributed by atoms with Gasteiger partial charge in [0.05, 0.1) is 24.3 Å². The molecule has 1 aromatic rings. The van der Waals surface area contributed by atoms with Gasteiger partial charge in [-0.1, -0.05) is 0 Å². The van der Waals surface area contributed by atoms with Gasteiger partial charge < -0.3 is 20.1 Å². The maximum Gasteiger partial charge on any atom is 0.318 e. The van der Waals surface area contributed by atoms with E-state index in [1.165, 1.54) is 12.8 Å². The molecule has 0 bridgehead atoms. The van der Waals surface area contributed by atoms with Crippen molar-refractivity contribution in [2.24, 2.45) is 0 Å². The van der Waals surface area contributed by atoms with Crippen LogP contribution in [0.3, 0.4) is 0 Å². The minimum atomic E-state index is -0.136. The van der Waals surface area contributed by atoms with Crippen LogP contribution in [0.25, 0.3) is 0 Å². The van der Waals surface area contributed by atoms with Crippen molar-refractivity contribution >= 4 is 6.03 Å². The number of aryl methyl sites for hydroxylation is 1. The van der Waals surface area contributed by atoms with Gasteiger partial charge in [0.15, 0.2) is 0 Å². The quantitative estimate of drug-likeness (QED) is 0.856. The second-order valence-corrected chi connectivity index (χ2v) is 6.29. The zero-order valence-corrected chi connectivity index (χ0v) is 13.2. The number of H-pyrrole nitrogens is 1. The van der Waals surface area contributed by atoms with E-state index in [0.717, 1.165) is 19.6 Å². The summed E-state index contributed by atoms with van der Waals surface area (Å²) in [5.74, 6) is 0.591. The smallest absolute Gasteiger partial charge is 0.318 e. The normalized spacial score (nSPS) is 19.3. The largest absolute Gasteiger partial charge is 0.334 e. The van der Waals surface area contributed by atoms with Gasteiger partial charge in [0.2, 0.25) is 0 Å². The van der Waals surface area contributed by atoms with E-state index in [0.29, 0.717) is 30.2 Å². The Morgan fingerprint density at radius 3 is 2.82 bits per heavy atom. The maximum atomic E-state index is 12.4. The lowest BCUT2D eigenvalue weighted by molar-refractivity contribution is 0.190. The van der Waals surface area contributed by atoms with Crippen LogP contribution in [0.4, 0.5) is 4.79 Å². The van der Waals surface area contributed by atoms with Crippen LogP contribution in [-0.4, -0.2) is 51.5 Å². The van der Waals surface area contributed by atoms with Crippen LogP contribution in [0, 0.1) is 6.92 Å². The van der Waals surface area contributed by atoms with Gasteiger partial charge in [0.25, 0.3) is 5.56 Å². The number of aromatic nitrogens is 2. The first-order valence-corrected chi connectivity index (χ1v) is 7.89. The Morgan fingerprint density at radius 2 is 2.09 bits per heavy atom. The highest BCUT2D eigenvalue weighted by Gasteiger charge is 2.28. The van der Waals surface area contributed by atoms with E-state index >= 15 is 0 Å². The van der Waals surface area contributed by atoms with Crippen LogP contribution in [-0.2, 0) is 13.1 Å². The zero-order valence-electron chi connectivity index (χ0n) is 13.2. The van der Waals surface area contributed by atoms with E-state index in [-0.39, 0.29) is 17.6 Å². The number of likely N-dealkylation sites (tertiary alicyclic amines) is 1. The average molecular weight is 305 g/mol. The molecule has 1 aromatic heterocycles. The molecule has 7 nitrogen and oxygen atoms in total. The summed E-state index contributed by atoms with van der Waals surface area (Å²) in [6.45, 7) is 7.63. The third-order valence-electron chi connectivity index (χ3n) is 4.30. The first kappa shape index (κ1) is 15.0. The van der Waals surface area contributed by atoms with Crippen molar-refractivity contribution in [1.82, 2.24) is 25.1 Å². The summed E-state index contributed by atoms with van der Waals surface area (Å²) in [6, 6.07) is -0.0240. The van der Waals surface area contributed by atoms with E-state index in [1.807, 2.05) is 6.92 Å². The molecule has 3 rings (SSSR count). The Labute approximate surface area is 129 Å². The second-order valence-electron chi connectivity index (χ2n) is 6.29. The van der Waals surface area contributed by atoms with Crippen LogP contribution < -0.4 is 10.9 Å². The molecule has 1 saturated heterocycles. The van der Waals surface area contributed by atoms with E-state index in [2.05, 4.69) is 20.2 Å². The standard InChI is InChI=1S/C15H23N5O2/c1-10(7-19-5-3-4-6-19)16-15(22)20-8-12-13(9-20)17-11(2)18-14(12)21/h10H,3-9H2,1-2H3,(H,16,22)(H,17,18,21)/t10-/m1/s1. The number of urea groups is 1. The summed E-state index contributed by atoms with van der Waals surface area (Å²) in [5.41, 5.74) is 1.18. The summed E-state index contributed by atoms with van der Waals surface area (Å²) >= 11 is 0. The van der Waals surface area contributed by atoms with Crippen molar-refractivity contribution in [3.05, 3.63) is 27.4 Å². The molecule has 2 aliphatic rings. The van der Waals surface area contributed by atoms with Crippen molar-refractivity contribution in [3.63, 3.8) is 0 Å². The van der Waals surface area contributed by atoms with Gasteiger partial charge in [0, 0.05) is 12.6 Å². The lowest BCUT2D eigenvalue weighted by atomic mass is 10.3. The molecule has 0 aliphatic carbocycles. The monoisotopic (exact) mass is 305 g/mol. The summed E-state index contributed by atoms with van der Waals surface area (Å²) in [4.78, 5) is 35.3. The number of nitrogens with one attached hydrogen (secondary N) is 2. The van der Waals surface area contributed by atoms with Crippen molar-refractivity contribution in [3.8, 4) is 0 Å². The summed E-state index contributed by atoms with van der Waals surface area (Å²) in [6.07, 6.45) is 2.49. The molecule has 0 aromatic carbocycles. The van der Waals surface area contributed by atoms with Crippen molar-refractivity contribution < 1.29 is 4.79 Å². The number of fused-ring (bicyclic) bond motifs is 1. The fourth-order valence-electron chi connectivity index (χ4n) is 3.23. The number of hydrogen-bond donors (Lipinski definition) is 2. The molecule has 1 atom stereocenters. The van der Waals surface area contributed by atoms with Crippen LogP contribution >= 0.6 is 0 Å². The van der Waals surface area contributed by atoms with Gasteiger partial charge in [-0.05, 0) is 39.8 Å². The lowest BCUT2D eigenvalue weighted by Crippen LogP contribution is -2.46. The molecule has 2 aliphatic heterocycles. The molecule has 0 unspecified atom stereocenters. The molecule has 120 valence electrons. The molecule has 0 spiro atoms. The number of aromatic amines is 1. The molecule has 0 saturated carbocycles. The van der Waals surface area contributed by atoms with Gasteiger partial charge in [-0.25, -0.2) is 9.78 Å². The Hall–Kier alpha value is -1.89. The molecular weight excluding hydrogens is 282 g/mol. The summed E-state index contributed by atoms with van der Waals surface area (Å²) in [5, 5.41) is 3.02. The van der Waals surface area contributed by atoms with Crippen LogP contribution in [0.1, 0.15) is 36.8 Å².